The summed E-state index contributed by atoms with van der Waals surface area (Å²) in [6.07, 6.45) is 13.1. The van der Waals surface area contributed by atoms with Crippen molar-refractivity contribution in [1.82, 2.24) is 15.3 Å². The van der Waals surface area contributed by atoms with E-state index < -0.39 is 0 Å². The van der Waals surface area contributed by atoms with Gasteiger partial charge in [-0.05, 0) is 225 Å². The Labute approximate surface area is 652 Å². The maximum Gasteiger partial charge on any atom is 0.0730 e. The molecule has 0 saturated heterocycles. The summed E-state index contributed by atoms with van der Waals surface area (Å²) >= 11 is 0. The van der Waals surface area contributed by atoms with Gasteiger partial charge in [0.15, 0.2) is 0 Å². The van der Waals surface area contributed by atoms with E-state index in [0.29, 0.717) is 0 Å². The van der Waals surface area contributed by atoms with E-state index in [-0.39, 0.29) is 17.9 Å². The number of hydrogen-bond donors (Lipinski definition) is 3. The minimum absolute atomic E-state index is 0.0102. The Kier molecular flexibility index (Phi) is 16.3. The van der Waals surface area contributed by atoms with Crippen LogP contribution in [0.2, 0.25) is 0 Å². The molecule has 3 unspecified atom stereocenters. The number of fused-ring (bicyclic) bond motifs is 15. The minimum atomic E-state index is -0.270. The van der Waals surface area contributed by atoms with Crippen LogP contribution in [0.1, 0.15) is 80.1 Å². The SMILES string of the molecule is CCC1=C(c2cccc3c(-c4cccc5ccccc45)cccc23)C2C=c3[nH]c(c(-c4cccc5c(-c6cccc7ccccc67)cccc45)c3CC)=CC3=NC(=Cc4[nH]c(c(-c5ccc(-c6cccc7ccccc67)c6ccccc56)c4CC)C=C1N2)C(c1cccc2c(-c4cccc5ccccc45)cccc12)C3CC. The average Bonchev–Trinajstić information content (AvgIpc) is 1.55. The van der Waals surface area contributed by atoms with Crippen molar-refractivity contribution in [1.29, 1.82) is 0 Å². The molecule has 16 aromatic carbocycles. The molecule has 8 bridgehead atoms. The summed E-state index contributed by atoms with van der Waals surface area (Å²) in [6.45, 7) is 9.43. The Morgan fingerprint density at radius 3 is 1.16 bits per heavy atom. The van der Waals surface area contributed by atoms with Crippen LogP contribution in [-0.2, 0) is 12.8 Å². The second-order valence-corrected chi connectivity index (χ2v) is 30.6. The molecule has 0 spiro atoms. The van der Waals surface area contributed by atoms with Crippen LogP contribution in [0.3, 0.4) is 0 Å². The van der Waals surface area contributed by atoms with Gasteiger partial charge in [-0.2, -0.15) is 0 Å². The van der Waals surface area contributed by atoms with Crippen molar-refractivity contribution in [2.75, 3.05) is 0 Å². The number of H-pyrrole nitrogens is 2. The first-order chi connectivity index (χ1) is 55.4. The van der Waals surface area contributed by atoms with Gasteiger partial charge in [0.1, 0.15) is 0 Å². The Hall–Kier alpha value is -13.4. The summed E-state index contributed by atoms with van der Waals surface area (Å²) in [7, 11) is 0. The van der Waals surface area contributed by atoms with Gasteiger partial charge >= 0.3 is 0 Å². The van der Waals surface area contributed by atoms with E-state index in [0.717, 1.165) is 64.9 Å². The molecule has 2 aromatic heterocycles. The molecule has 3 aliphatic heterocycles. The zero-order valence-corrected chi connectivity index (χ0v) is 63.3. The normalized spacial score (nSPS) is 15.5. The van der Waals surface area contributed by atoms with Crippen LogP contribution < -0.4 is 16.0 Å². The molecule has 0 amide bonds. The van der Waals surface area contributed by atoms with Gasteiger partial charge in [-0.3, -0.25) is 4.99 Å². The fourth-order valence-electron chi connectivity index (χ4n) is 20.0. The molecule has 4 nitrogen and oxygen atoms in total. The lowest BCUT2D eigenvalue weighted by Gasteiger charge is -2.23. The monoisotopic (exact) mass is 1430 g/mol. The fourth-order valence-corrected chi connectivity index (χ4v) is 20.0. The predicted octanol–water partition coefficient (Wildman–Crippen LogP) is 26.8. The molecule has 534 valence electrons. The highest BCUT2D eigenvalue weighted by Crippen LogP contribution is 2.51. The van der Waals surface area contributed by atoms with Gasteiger partial charge in [-0.1, -0.05) is 343 Å². The van der Waals surface area contributed by atoms with Crippen LogP contribution in [0.4, 0.5) is 0 Å². The first kappa shape index (κ1) is 66.8. The van der Waals surface area contributed by atoms with Crippen molar-refractivity contribution < 1.29 is 0 Å². The molecule has 0 radical (unpaired) electrons. The maximum atomic E-state index is 6.18. The van der Waals surface area contributed by atoms with Crippen molar-refractivity contribution in [3.05, 3.63) is 377 Å². The van der Waals surface area contributed by atoms with Crippen LogP contribution >= 0.6 is 0 Å². The molecule has 3 N–H and O–H groups in total. The topological polar surface area (TPSA) is 56.0 Å². The van der Waals surface area contributed by atoms with E-state index >= 15 is 0 Å². The molecule has 112 heavy (non-hydrogen) atoms. The zero-order chi connectivity index (χ0) is 74.7. The first-order valence-corrected chi connectivity index (χ1v) is 40.1. The molecule has 3 atom stereocenters. The minimum Gasteiger partial charge on any atom is -0.374 e. The Bertz CT molecular complexity index is 7220. The third kappa shape index (κ3) is 10.7. The summed E-state index contributed by atoms with van der Waals surface area (Å²) < 4.78 is 0. The highest BCUT2D eigenvalue weighted by molar-refractivity contribution is 6.18. The fraction of sp³-hybridized carbons (Fsp3) is 0.102. The van der Waals surface area contributed by atoms with E-state index in [2.05, 4.69) is 383 Å². The van der Waals surface area contributed by atoms with Crippen molar-refractivity contribution >= 4 is 122 Å². The summed E-state index contributed by atoms with van der Waals surface area (Å²) in [5.74, 6) is -0.131. The Morgan fingerprint density at radius 2 is 0.670 bits per heavy atom. The molecule has 0 saturated carbocycles. The van der Waals surface area contributed by atoms with Gasteiger partial charge in [-0.25, -0.2) is 0 Å². The standard InChI is InChI=1S/C108H82N4/c1-5-69-97-62-102-107(95-58-28-52-87-84(49-25-55-91(87)95)79-45-21-35-67-31-11-15-39-75(67)79)71(7-3)99(111-102)64-104-108(96-60-59-92(81-41-17-18-42-88(81)96)80-46-22-36-68-32-12-16-40-76(68)80)72(8-4)100(112-104)63-103-106(94-57-27-51-86-83(48-24-54-90(86)94)78-44-20-34-66-30-10-14-38-74(66)78)70(6-2)98(110-103)61-101(109-97)105(69)93-56-26-50-85-82(47-23-53-89(85)93)77-43-19-33-65-29-9-13-37-73(65)77/h9-64,70,102,106,109,111-112H,5-8H2,1-4H3. The lowest BCUT2D eigenvalue weighted by molar-refractivity contribution is 0.609. The Morgan fingerprint density at radius 1 is 0.295 bits per heavy atom. The van der Waals surface area contributed by atoms with Gasteiger partial charge in [-0.15, -0.1) is 0 Å². The van der Waals surface area contributed by atoms with Gasteiger partial charge in [0, 0.05) is 56.5 Å². The molecule has 3 aliphatic rings. The predicted molar refractivity (Wildman–Crippen MR) is 478 cm³/mol. The molecule has 18 aromatic rings. The number of aromatic amines is 2. The van der Waals surface area contributed by atoms with Crippen LogP contribution in [0.5, 0.6) is 0 Å². The Balaban J connectivity index is 0.859. The molecular weight excluding hydrogens is 1350 g/mol. The van der Waals surface area contributed by atoms with E-state index in [9.17, 15) is 0 Å². The van der Waals surface area contributed by atoms with Crippen LogP contribution in [0.15, 0.2) is 337 Å². The van der Waals surface area contributed by atoms with Crippen molar-refractivity contribution in [3.63, 3.8) is 0 Å². The number of rotatable bonds is 12. The quantitative estimate of drug-likeness (QED) is 0.112. The van der Waals surface area contributed by atoms with Crippen molar-refractivity contribution in [2.24, 2.45) is 10.9 Å². The number of nitrogens with one attached hydrogen (secondary N) is 3. The summed E-state index contributed by atoms with van der Waals surface area (Å²) in [6, 6.07) is 118. The lowest BCUT2D eigenvalue weighted by atomic mass is 9.79. The van der Waals surface area contributed by atoms with Gasteiger partial charge in [0.25, 0.3) is 0 Å². The second-order valence-electron chi connectivity index (χ2n) is 30.6. The smallest absolute Gasteiger partial charge is 0.0730 e. The second kappa shape index (κ2) is 27.3. The molecule has 21 rings (SSSR count). The van der Waals surface area contributed by atoms with Crippen LogP contribution in [0, 0.1) is 5.92 Å². The third-order valence-electron chi connectivity index (χ3n) is 24.9. The van der Waals surface area contributed by atoms with E-state index in [1.807, 2.05) is 0 Å². The molecule has 5 heterocycles. The third-order valence-corrected chi connectivity index (χ3v) is 24.9. The lowest BCUT2D eigenvalue weighted by Crippen LogP contribution is -2.26. The number of benzene rings is 16. The van der Waals surface area contributed by atoms with Gasteiger partial charge in [0.2, 0.25) is 0 Å². The number of aliphatic imine (C=N–C) groups is 1. The highest BCUT2D eigenvalue weighted by Gasteiger charge is 2.38. The molecular formula is C108H82N4. The maximum absolute atomic E-state index is 6.18. The van der Waals surface area contributed by atoms with Crippen molar-refractivity contribution in [2.45, 2.75) is 65.3 Å². The molecule has 0 fully saturated rings. The number of aromatic nitrogens is 2. The number of hydrogen-bond acceptors (Lipinski definition) is 2. The highest BCUT2D eigenvalue weighted by atomic mass is 15.0. The zero-order valence-electron chi connectivity index (χ0n) is 63.3. The van der Waals surface area contributed by atoms with E-state index in [1.165, 1.54) is 186 Å². The van der Waals surface area contributed by atoms with Crippen LogP contribution in [0.25, 0.3) is 183 Å². The van der Waals surface area contributed by atoms with Gasteiger partial charge in [0.05, 0.1) is 11.7 Å². The molecule has 4 heteroatoms. The van der Waals surface area contributed by atoms with E-state index in [1.54, 1.807) is 0 Å². The first-order valence-electron chi connectivity index (χ1n) is 40.1. The van der Waals surface area contributed by atoms with Gasteiger partial charge < -0.3 is 15.3 Å². The molecule has 0 aliphatic carbocycles. The summed E-state index contributed by atoms with van der Waals surface area (Å²) in [4.78, 5) is 14.8. The average molecular weight is 1440 g/mol. The van der Waals surface area contributed by atoms with E-state index in [4.69, 9.17) is 4.99 Å². The summed E-state index contributed by atoms with van der Waals surface area (Å²) in [5, 5.41) is 26.3. The number of nitrogens with zero attached hydrogens (tertiary/aromatic N) is 1. The largest absolute Gasteiger partial charge is 0.374 e. The number of allylic oxidation sites excluding steroid dienone is 2. The van der Waals surface area contributed by atoms with Crippen molar-refractivity contribution in [3.8, 4) is 66.8 Å². The summed E-state index contributed by atoms with van der Waals surface area (Å²) in [5.41, 5.74) is 27.5. The van der Waals surface area contributed by atoms with Crippen LogP contribution in [-0.4, -0.2) is 21.7 Å².